The molecule has 1 aliphatic rings. The second-order valence-electron chi connectivity index (χ2n) is 5.29. The zero-order valence-electron chi connectivity index (χ0n) is 11.4. The fraction of sp³-hybridized carbons (Fsp3) is 0.333. The lowest BCUT2D eigenvalue weighted by molar-refractivity contribution is -0.131. The third kappa shape index (κ3) is 3.23. The molecule has 0 spiro atoms. The van der Waals surface area contributed by atoms with Crippen LogP contribution in [-0.2, 0) is 11.3 Å². The van der Waals surface area contributed by atoms with Crippen LogP contribution in [0.15, 0.2) is 29.1 Å². The monoisotopic (exact) mass is 340 g/mol. The van der Waals surface area contributed by atoms with Gasteiger partial charge in [-0.3, -0.25) is 4.79 Å². The maximum atomic E-state index is 12.4. The van der Waals surface area contributed by atoms with Gasteiger partial charge in [0.1, 0.15) is 0 Å². The van der Waals surface area contributed by atoms with Gasteiger partial charge in [0.25, 0.3) is 0 Å². The van der Waals surface area contributed by atoms with Gasteiger partial charge in [-0.05, 0) is 30.0 Å². The van der Waals surface area contributed by atoms with E-state index in [2.05, 4.69) is 4.98 Å². The predicted octanol–water partition coefficient (Wildman–Crippen LogP) is 4.21. The molecule has 3 rings (SSSR count). The van der Waals surface area contributed by atoms with Gasteiger partial charge in [0.2, 0.25) is 5.91 Å². The maximum Gasteiger partial charge on any atom is 0.226 e. The highest BCUT2D eigenvalue weighted by Crippen LogP contribution is 2.50. The van der Waals surface area contributed by atoms with Gasteiger partial charge < -0.3 is 4.90 Å². The van der Waals surface area contributed by atoms with E-state index in [1.165, 1.54) is 11.3 Å². The summed E-state index contributed by atoms with van der Waals surface area (Å²) in [6.45, 7) is 0.555. The summed E-state index contributed by atoms with van der Waals surface area (Å²) in [6, 6.07) is 5.47. The number of carbonyl (C=O) groups excluding carboxylic acids is 1. The number of benzene rings is 1. The largest absolute Gasteiger partial charge is 0.340 e. The van der Waals surface area contributed by atoms with E-state index in [-0.39, 0.29) is 17.7 Å². The summed E-state index contributed by atoms with van der Waals surface area (Å²) < 4.78 is 0. The van der Waals surface area contributed by atoms with E-state index >= 15 is 0 Å². The summed E-state index contributed by atoms with van der Waals surface area (Å²) >= 11 is 13.7. The summed E-state index contributed by atoms with van der Waals surface area (Å²) in [4.78, 5) is 18.4. The SMILES string of the molecule is CN(Cc1cscn1)C(=O)[C@H]1C[C@H]1c1ccc(Cl)cc1Cl. The number of carbonyl (C=O) groups is 1. The lowest BCUT2D eigenvalue weighted by Gasteiger charge is -2.16. The van der Waals surface area contributed by atoms with Crippen LogP contribution in [0.1, 0.15) is 23.6 Å². The normalized spacial score (nSPS) is 20.3. The first-order chi connectivity index (χ1) is 10.1. The molecular formula is C15H14Cl2N2OS. The van der Waals surface area contributed by atoms with Crippen molar-refractivity contribution >= 4 is 40.4 Å². The van der Waals surface area contributed by atoms with Gasteiger partial charge in [-0.1, -0.05) is 29.3 Å². The van der Waals surface area contributed by atoms with Crippen molar-refractivity contribution in [2.75, 3.05) is 7.05 Å². The Morgan fingerprint density at radius 2 is 2.29 bits per heavy atom. The minimum Gasteiger partial charge on any atom is -0.340 e. The van der Waals surface area contributed by atoms with Crippen molar-refractivity contribution in [3.05, 3.63) is 50.4 Å². The second kappa shape index (κ2) is 5.95. The Morgan fingerprint density at radius 1 is 1.48 bits per heavy atom. The number of rotatable bonds is 4. The smallest absolute Gasteiger partial charge is 0.226 e. The van der Waals surface area contributed by atoms with Crippen molar-refractivity contribution in [1.29, 1.82) is 0 Å². The molecule has 3 nitrogen and oxygen atoms in total. The molecule has 2 aromatic rings. The molecule has 0 saturated heterocycles. The van der Waals surface area contributed by atoms with Crippen LogP contribution >= 0.6 is 34.5 Å². The Bertz CT molecular complexity index is 660. The molecule has 110 valence electrons. The van der Waals surface area contributed by atoms with Gasteiger partial charge in [0.15, 0.2) is 0 Å². The molecule has 1 fully saturated rings. The number of aromatic nitrogens is 1. The zero-order chi connectivity index (χ0) is 15.0. The van der Waals surface area contributed by atoms with Crippen molar-refractivity contribution in [3.63, 3.8) is 0 Å². The number of thiazole rings is 1. The average Bonchev–Trinajstić information content (AvgIpc) is 3.06. The fourth-order valence-electron chi connectivity index (χ4n) is 2.53. The number of hydrogen-bond donors (Lipinski definition) is 0. The van der Waals surface area contributed by atoms with E-state index in [1.807, 2.05) is 24.6 Å². The van der Waals surface area contributed by atoms with E-state index in [1.54, 1.807) is 16.5 Å². The third-order valence-electron chi connectivity index (χ3n) is 3.73. The molecule has 0 aliphatic heterocycles. The van der Waals surface area contributed by atoms with Gasteiger partial charge in [0.05, 0.1) is 17.7 Å². The highest BCUT2D eigenvalue weighted by molar-refractivity contribution is 7.07. The van der Waals surface area contributed by atoms with E-state index in [0.717, 1.165) is 17.7 Å². The predicted molar refractivity (Wildman–Crippen MR) is 85.9 cm³/mol. The highest BCUT2D eigenvalue weighted by Gasteiger charge is 2.46. The van der Waals surface area contributed by atoms with Crippen molar-refractivity contribution in [3.8, 4) is 0 Å². The van der Waals surface area contributed by atoms with Crippen LogP contribution < -0.4 is 0 Å². The number of halogens is 2. The Hall–Kier alpha value is -1.10. The third-order valence-corrected chi connectivity index (χ3v) is 4.93. The molecule has 21 heavy (non-hydrogen) atoms. The summed E-state index contributed by atoms with van der Waals surface area (Å²) in [7, 11) is 1.82. The summed E-state index contributed by atoms with van der Waals surface area (Å²) in [5.74, 6) is 0.381. The lowest BCUT2D eigenvalue weighted by Crippen LogP contribution is -2.28. The molecule has 2 atom stereocenters. The Balaban J connectivity index is 1.65. The zero-order valence-corrected chi connectivity index (χ0v) is 13.8. The van der Waals surface area contributed by atoms with Crippen LogP contribution in [-0.4, -0.2) is 22.8 Å². The molecule has 0 N–H and O–H groups in total. The van der Waals surface area contributed by atoms with Crippen molar-refractivity contribution in [2.45, 2.75) is 18.9 Å². The molecule has 1 amide bonds. The van der Waals surface area contributed by atoms with Crippen molar-refractivity contribution < 1.29 is 4.79 Å². The van der Waals surface area contributed by atoms with E-state index in [4.69, 9.17) is 23.2 Å². The summed E-state index contributed by atoms with van der Waals surface area (Å²) in [5.41, 5.74) is 3.72. The fourth-order valence-corrected chi connectivity index (χ4v) is 3.63. The molecule has 1 saturated carbocycles. The first kappa shape index (κ1) is 14.8. The number of amides is 1. The average molecular weight is 341 g/mol. The first-order valence-electron chi connectivity index (χ1n) is 6.63. The van der Waals surface area contributed by atoms with Gasteiger partial charge in [0, 0.05) is 28.4 Å². The van der Waals surface area contributed by atoms with Crippen LogP contribution in [0.5, 0.6) is 0 Å². The van der Waals surface area contributed by atoms with Crippen molar-refractivity contribution in [2.24, 2.45) is 5.92 Å². The standard InChI is InChI=1S/C15H14Cl2N2OS/c1-19(6-10-7-21-8-18-10)15(20)13-5-12(13)11-3-2-9(16)4-14(11)17/h2-4,7-8,12-13H,5-6H2,1H3/t12-,13-/m0/s1. The highest BCUT2D eigenvalue weighted by atomic mass is 35.5. The van der Waals surface area contributed by atoms with E-state index < -0.39 is 0 Å². The molecule has 6 heteroatoms. The minimum atomic E-state index is 0.0207. The Labute approximate surface area is 137 Å². The number of hydrogen-bond acceptors (Lipinski definition) is 3. The van der Waals surface area contributed by atoms with Gasteiger partial charge in [-0.25, -0.2) is 4.98 Å². The second-order valence-corrected chi connectivity index (χ2v) is 6.85. The summed E-state index contributed by atoms with van der Waals surface area (Å²) in [5, 5.41) is 3.22. The quantitative estimate of drug-likeness (QED) is 0.835. The number of nitrogens with zero attached hydrogens (tertiary/aromatic N) is 2. The van der Waals surface area contributed by atoms with E-state index in [0.29, 0.717) is 16.6 Å². The van der Waals surface area contributed by atoms with Crippen LogP contribution in [0.4, 0.5) is 0 Å². The molecule has 1 aliphatic carbocycles. The molecule has 1 heterocycles. The Morgan fingerprint density at radius 3 is 2.95 bits per heavy atom. The molecule has 0 radical (unpaired) electrons. The van der Waals surface area contributed by atoms with Gasteiger partial charge >= 0.3 is 0 Å². The molecular weight excluding hydrogens is 327 g/mol. The maximum absolute atomic E-state index is 12.4. The van der Waals surface area contributed by atoms with Gasteiger partial charge in [-0.2, -0.15) is 0 Å². The Kier molecular flexibility index (Phi) is 4.20. The summed E-state index contributed by atoms with van der Waals surface area (Å²) in [6.07, 6.45) is 0.849. The van der Waals surface area contributed by atoms with Crippen LogP contribution in [0.25, 0.3) is 0 Å². The molecule has 1 aromatic heterocycles. The lowest BCUT2D eigenvalue weighted by atomic mass is 10.1. The van der Waals surface area contributed by atoms with Crippen LogP contribution in [0.3, 0.4) is 0 Å². The van der Waals surface area contributed by atoms with Crippen molar-refractivity contribution in [1.82, 2.24) is 9.88 Å². The topological polar surface area (TPSA) is 33.2 Å². The van der Waals surface area contributed by atoms with E-state index in [9.17, 15) is 4.79 Å². The minimum absolute atomic E-state index is 0.0207. The van der Waals surface area contributed by atoms with Gasteiger partial charge in [-0.15, -0.1) is 11.3 Å². The van der Waals surface area contributed by atoms with Crippen LogP contribution in [0.2, 0.25) is 10.0 Å². The van der Waals surface area contributed by atoms with Crippen LogP contribution in [0, 0.1) is 5.92 Å². The molecule has 0 unspecified atom stereocenters. The first-order valence-corrected chi connectivity index (χ1v) is 8.33. The molecule has 1 aromatic carbocycles. The molecule has 0 bridgehead atoms.